The molecule has 0 fully saturated rings. The third-order valence-corrected chi connectivity index (χ3v) is 3.60. The number of hydrogen-bond acceptors (Lipinski definition) is 2. The highest BCUT2D eigenvalue weighted by atomic mass is 15.4. The molecule has 1 aromatic carbocycles. The SMILES string of the molecule is CCn1cc(CC(C)c2cccc(C)c2C)nn1. The maximum atomic E-state index is 4.22. The zero-order valence-electron chi connectivity index (χ0n) is 11.6. The van der Waals surface area contributed by atoms with E-state index in [0.29, 0.717) is 5.92 Å². The lowest BCUT2D eigenvalue weighted by molar-refractivity contribution is 0.626. The van der Waals surface area contributed by atoms with Crippen molar-refractivity contribution in [2.45, 2.75) is 46.6 Å². The van der Waals surface area contributed by atoms with E-state index in [-0.39, 0.29) is 0 Å². The second kappa shape index (κ2) is 5.34. The molecule has 96 valence electrons. The maximum absolute atomic E-state index is 4.22. The van der Waals surface area contributed by atoms with Gasteiger partial charge in [-0.3, -0.25) is 4.68 Å². The lowest BCUT2D eigenvalue weighted by atomic mass is 9.91. The Morgan fingerprint density at radius 3 is 2.72 bits per heavy atom. The molecule has 1 heterocycles. The Balaban J connectivity index is 2.16. The minimum Gasteiger partial charge on any atom is -0.253 e. The highest BCUT2D eigenvalue weighted by Crippen LogP contribution is 2.24. The van der Waals surface area contributed by atoms with E-state index in [2.05, 4.69) is 56.2 Å². The summed E-state index contributed by atoms with van der Waals surface area (Å²) < 4.78 is 1.88. The topological polar surface area (TPSA) is 30.7 Å². The average molecular weight is 243 g/mol. The number of benzene rings is 1. The molecule has 0 spiro atoms. The molecular formula is C15H21N3. The minimum atomic E-state index is 0.479. The van der Waals surface area contributed by atoms with Gasteiger partial charge in [0.15, 0.2) is 0 Å². The Morgan fingerprint density at radius 1 is 1.28 bits per heavy atom. The summed E-state index contributed by atoms with van der Waals surface area (Å²) in [5, 5.41) is 8.31. The Labute approximate surface area is 109 Å². The monoisotopic (exact) mass is 243 g/mol. The first-order valence-electron chi connectivity index (χ1n) is 6.57. The van der Waals surface area contributed by atoms with Crippen molar-refractivity contribution < 1.29 is 0 Å². The first-order chi connectivity index (χ1) is 8.61. The van der Waals surface area contributed by atoms with Gasteiger partial charge in [-0.15, -0.1) is 5.10 Å². The summed E-state index contributed by atoms with van der Waals surface area (Å²) in [6.45, 7) is 9.58. The van der Waals surface area contributed by atoms with Crippen molar-refractivity contribution in [1.29, 1.82) is 0 Å². The van der Waals surface area contributed by atoms with Gasteiger partial charge in [0.25, 0.3) is 0 Å². The Hall–Kier alpha value is -1.64. The van der Waals surface area contributed by atoms with E-state index in [4.69, 9.17) is 0 Å². The van der Waals surface area contributed by atoms with Gasteiger partial charge < -0.3 is 0 Å². The van der Waals surface area contributed by atoms with Gasteiger partial charge in [-0.25, -0.2) is 0 Å². The van der Waals surface area contributed by atoms with Crippen molar-refractivity contribution in [3.8, 4) is 0 Å². The van der Waals surface area contributed by atoms with Crippen LogP contribution in [0.4, 0.5) is 0 Å². The summed E-state index contributed by atoms with van der Waals surface area (Å²) in [5.74, 6) is 0.479. The molecule has 0 aliphatic rings. The van der Waals surface area contributed by atoms with Crippen molar-refractivity contribution in [3.63, 3.8) is 0 Å². The van der Waals surface area contributed by atoms with Crippen molar-refractivity contribution in [1.82, 2.24) is 15.0 Å². The van der Waals surface area contributed by atoms with Crippen molar-refractivity contribution in [2.24, 2.45) is 0 Å². The highest BCUT2D eigenvalue weighted by molar-refractivity contribution is 5.35. The summed E-state index contributed by atoms with van der Waals surface area (Å²) in [7, 11) is 0. The van der Waals surface area contributed by atoms with Gasteiger partial charge in [0.1, 0.15) is 0 Å². The summed E-state index contributed by atoms with van der Waals surface area (Å²) in [5.41, 5.74) is 5.25. The third-order valence-electron chi connectivity index (χ3n) is 3.60. The van der Waals surface area contributed by atoms with Gasteiger partial charge in [-0.05, 0) is 49.8 Å². The zero-order valence-corrected chi connectivity index (χ0v) is 11.6. The second-order valence-electron chi connectivity index (χ2n) is 4.96. The smallest absolute Gasteiger partial charge is 0.0833 e. The third kappa shape index (κ3) is 2.61. The molecule has 0 radical (unpaired) electrons. The van der Waals surface area contributed by atoms with E-state index in [1.54, 1.807) is 0 Å². The quantitative estimate of drug-likeness (QED) is 0.825. The fourth-order valence-corrected chi connectivity index (χ4v) is 2.32. The van der Waals surface area contributed by atoms with Crippen LogP contribution < -0.4 is 0 Å². The molecule has 18 heavy (non-hydrogen) atoms. The van der Waals surface area contributed by atoms with Crippen LogP contribution in [0.15, 0.2) is 24.4 Å². The van der Waals surface area contributed by atoms with Crippen molar-refractivity contribution in [3.05, 3.63) is 46.8 Å². The van der Waals surface area contributed by atoms with E-state index in [1.807, 2.05) is 10.9 Å². The number of nitrogens with zero attached hydrogens (tertiary/aromatic N) is 3. The summed E-state index contributed by atoms with van der Waals surface area (Å²) >= 11 is 0. The normalized spacial score (nSPS) is 12.7. The van der Waals surface area contributed by atoms with Crippen molar-refractivity contribution in [2.75, 3.05) is 0 Å². The van der Waals surface area contributed by atoms with Crippen LogP contribution in [0.25, 0.3) is 0 Å². The summed E-state index contributed by atoms with van der Waals surface area (Å²) in [6, 6.07) is 6.52. The van der Waals surface area contributed by atoms with E-state index >= 15 is 0 Å². The van der Waals surface area contributed by atoms with Gasteiger partial charge in [-0.2, -0.15) is 0 Å². The molecule has 3 nitrogen and oxygen atoms in total. The average Bonchev–Trinajstić information content (AvgIpc) is 2.80. The molecule has 0 saturated heterocycles. The molecule has 1 aromatic heterocycles. The lowest BCUT2D eigenvalue weighted by Gasteiger charge is -2.14. The van der Waals surface area contributed by atoms with E-state index < -0.39 is 0 Å². The Kier molecular flexibility index (Phi) is 3.80. The van der Waals surface area contributed by atoms with Gasteiger partial charge in [-0.1, -0.05) is 30.3 Å². The zero-order chi connectivity index (χ0) is 13.1. The molecule has 0 amide bonds. The van der Waals surface area contributed by atoms with Crippen LogP contribution in [0, 0.1) is 13.8 Å². The second-order valence-corrected chi connectivity index (χ2v) is 4.96. The van der Waals surface area contributed by atoms with E-state index in [0.717, 1.165) is 18.7 Å². The van der Waals surface area contributed by atoms with Crippen LogP contribution in [0.3, 0.4) is 0 Å². The number of aromatic nitrogens is 3. The molecule has 0 saturated carbocycles. The van der Waals surface area contributed by atoms with Crippen LogP contribution in [0.1, 0.15) is 42.1 Å². The van der Waals surface area contributed by atoms with Crippen molar-refractivity contribution >= 4 is 0 Å². The van der Waals surface area contributed by atoms with Gasteiger partial charge in [0, 0.05) is 12.7 Å². The molecule has 0 bridgehead atoms. The molecular weight excluding hydrogens is 222 g/mol. The molecule has 0 aliphatic carbocycles. The lowest BCUT2D eigenvalue weighted by Crippen LogP contribution is -2.02. The van der Waals surface area contributed by atoms with Crippen LogP contribution >= 0.6 is 0 Å². The number of rotatable bonds is 4. The highest BCUT2D eigenvalue weighted by Gasteiger charge is 2.12. The van der Waals surface area contributed by atoms with Crippen LogP contribution in [0.5, 0.6) is 0 Å². The molecule has 2 aromatic rings. The molecule has 0 aliphatic heterocycles. The van der Waals surface area contributed by atoms with E-state index in [1.165, 1.54) is 16.7 Å². The number of hydrogen-bond donors (Lipinski definition) is 0. The first kappa shape index (κ1) is 12.8. The summed E-state index contributed by atoms with van der Waals surface area (Å²) in [6.07, 6.45) is 2.99. The van der Waals surface area contributed by atoms with Crippen LogP contribution in [-0.4, -0.2) is 15.0 Å². The molecule has 1 atom stereocenters. The predicted octanol–water partition coefficient (Wildman–Crippen LogP) is 3.26. The Bertz CT molecular complexity index is 528. The number of aryl methyl sites for hydroxylation is 2. The van der Waals surface area contributed by atoms with Gasteiger partial charge in [0.05, 0.1) is 5.69 Å². The standard InChI is InChI=1S/C15H21N3/c1-5-18-10-14(16-17-18)9-12(3)15-8-6-7-11(2)13(15)4/h6-8,10,12H,5,9H2,1-4H3. The molecule has 3 heteroatoms. The molecule has 1 unspecified atom stereocenters. The van der Waals surface area contributed by atoms with Crippen LogP contribution in [0.2, 0.25) is 0 Å². The fourth-order valence-electron chi connectivity index (χ4n) is 2.32. The largest absolute Gasteiger partial charge is 0.253 e. The summed E-state index contributed by atoms with van der Waals surface area (Å²) in [4.78, 5) is 0. The fraction of sp³-hybridized carbons (Fsp3) is 0.467. The maximum Gasteiger partial charge on any atom is 0.0833 e. The van der Waals surface area contributed by atoms with Gasteiger partial charge >= 0.3 is 0 Å². The first-order valence-corrected chi connectivity index (χ1v) is 6.57. The molecule has 0 N–H and O–H groups in total. The predicted molar refractivity (Wildman–Crippen MR) is 73.7 cm³/mol. The Morgan fingerprint density at radius 2 is 2.06 bits per heavy atom. The van der Waals surface area contributed by atoms with Crippen LogP contribution in [-0.2, 0) is 13.0 Å². The minimum absolute atomic E-state index is 0.479. The molecule has 2 rings (SSSR count). The van der Waals surface area contributed by atoms with Gasteiger partial charge in [0.2, 0.25) is 0 Å². The van der Waals surface area contributed by atoms with E-state index in [9.17, 15) is 0 Å².